The van der Waals surface area contributed by atoms with Gasteiger partial charge in [-0.3, -0.25) is 4.70 Å². The van der Waals surface area contributed by atoms with Gasteiger partial charge in [-0.25, -0.2) is 0 Å². The number of halogens is 1. The minimum Gasteiger partial charge on any atom is -0.330 e. The minimum atomic E-state index is 0. The fraction of sp³-hybridized carbons (Fsp3) is 1.00. The van der Waals surface area contributed by atoms with Crippen molar-refractivity contribution in [1.82, 2.24) is 4.90 Å². The maximum Gasteiger partial charge on any atom is 0.00501 e. The highest BCUT2D eigenvalue weighted by Gasteiger charge is 2.42. The fourth-order valence-corrected chi connectivity index (χ4v) is 2.02. The number of nitrogens with two attached hydrogens (primary N) is 1. The lowest BCUT2D eigenvalue weighted by molar-refractivity contribution is 0.268. The average Bonchev–Trinajstić information content (AvgIpc) is 2.59. The van der Waals surface area contributed by atoms with Gasteiger partial charge in [-0.1, -0.05) is 0 Å². The second-order valence-electron chi connectivity index (χ2n) is 4.19. The largest absolute Gasteiger partial charge is 0.330 e. The maximum absolute atomic E-state index is 5.72. The van der Waals surface area contributed by atoms with Crippen LogP contribution in [0.5, 0.6) is 0 Å². The smallest absolute Gasteiger partial charge is 0.00501 e. The zero-order chi connectivity index (χ0) is 7.73. The topological polar surface area (TPSA) is 29.3 Å². The number of likely N-dealkylation sites (tertiary alicyclic amines) is 1. The molecule has 1 aliphatic carbocycles. The van der Waals surface area contributed by atoms with E-state index in [1.165, 1.54) is 45.3 Å². The molecule has 12 heavy (non-hydrogen) atoms. The summed E-state index contributed by atoms with van der Waals surface area (Å²) in [6.45, 7) is 4.83. The molecule has 0 unspecified atom stereocenters. The number of nitrogens with zero attached hydrogens (tertiary/aromatic N) is 1. The van der Waals surface area contributed by atoms with Crippen molar-refractivity contribution in [1.29, 1.82) is 0 Å². The van der Waals surface area contributed by atoms with Crippen LogP contribution in [0.15, 0.2) is 0 Å². The summed E-state index contributed by atoms with van der Waals surface area (Å²) in [5, 5.41) is 0. The third kappa shape index (κ3) is 1.96. The maximum atomic E-state index is 5.72. The van der Waals surface area contributed by atoms with Gasteiger partial charge in [0.15, 0.2) is 0 Å². The van der Waals surface area contributed by atoms with E-state index in [9.17, 15) is 0 Å². The first kappa shape index (κ1) is 9.93. The monoisotopic (exact) mass is 176 g/mol. The SMILES string of the molecule is F.NCC1(CN2CCCC2)CC1.[HH]. The Labute approximate surface area is 75.0 Å². The molecule has 2 nitrogen and oxygen atoms in total. The molecule has 3 heteroatoms. The van der Waals surface area contributed by atoms with Crippen LogP contribution >= 0.6 is 0 Å². The highest BCUT2D eigenvalue weighted by molar-refractivity contribution is 4.96. The van der Waals surface area contributed by atoms with Crippen molar-refractivity contribution < 1.29 is 6.13 Å². The Morgan fingerprint density at radius 1 is 1.25 bits per heavy atom. The second kappa shape index (κ2) is 3.71. The van der Waals surface area contributed by atoms with Crippen LogP contribution in [0.25, 0.3) is 0 Å². The zero-order valence-corrected chi connectivity index (χ0v) is 7.59. The van der Waals surface area contributed by atoms with E-state index in [-0.39, 0.29) is 6.13 Å². The third-order valence-electron chi connectivity index (χ3n) is 3.15. The highest BCUT2D eigenvalue weighted by atomic mass is 19.0. The molecule has 2 fully saturated rings. The Morgan fingerprint density at radius 3 is 2.25 bits per heavy atom. The molecule has 0 spiro atoms. The molecule has 0 radical (unpaired) electrons. The molecule has 74 valence electrons. The van der Waals surface area contributed by atoms with Crippen molar-refractivity contribution >= 4 is 0 Å². The van der Waals surface area contributed by atoms with Crippen molar-refractivity contribution in [2.45, 2.75) is 25.7 Å². The van der Waals surface area contributed by atoms with E-state index in [4.69, 9.17) is 5.73 Å². The minimum absolute atomic E-state index is 0. The molecular weight excluding hydrogens is 155 g/mol. The van der Waals surface area contributed by atoms with Crippen LogP contribution in [-0.2, 0) is 0 Å². The first-order valence-corrected chi connectivity index (χ1v) is 4.77. The summed E-state index contributed by atoms with van der Waals surface area (Å²) in [6, 6.07) is 0. The van der Waals surface area contributed by atoms with Gasteiger partial charge in [0.05, 0.1) is 0 Å². The lowest BCUT2D eigenvalue weighted by Gasteiger charge is -2.21. The van der Waals surface area contributed by atoms with Crippen molar-refractivity contribution in [3.63, 3.8) is 0 Å². The van der Waals surface area contributed by atoms with E-state index < -0.39 is 0 Å². The van der Waals surface area contributed by atoms with Crippen molar-refractivity contribution in [3.8, 4) is 0 Å². The Kier molecular flexibility index (Phi) is 3.07. The first-order chi connectivity index (χ1) is 5.35. The van der Waals surface area contributed by atoms with Crippen molar-refractivity contribution in [3.05, 3.63) is 0 Å². The standard InChI is InChI=1S/C9H18N2.FH.H2/c10-7-9(3-4-9)8-11-5-1-2-6-11;;/h1-8,10H2;2*1H. The van der Waals surface area contributed by atoms with E-state index in [1.807, 2.05) is 0 Å². The molecule has 1 saturated heterocycles. The Balaban J connectivity index is 0.000000720. The van der Waals surface area contributed by atoms with Gasteiger partial charge in [0.2, 0.25) is 0 Å². The molecule has 0 atom stereocenters. The summed E-state index contributed by atoms with van der Waals surface area (Å²) < 4.78 is 0. The Hall–Kier alpha value is -0.150. The molecule has 1 aliphatic heterocycles. The Morgan fingerprint density at radius 2 is 1.83 bits per heavy atom. The molecule has 0 aromatic rings. The van der Waals surface area contributed by atoms with Gasteiger partial charge in [-0.05, 0) is 50.7 Å². The average molecular weight is 176 g/mol. The molecule has 1 heterocycles. The summed E-state index contributed by atoms with van der Waals surface area (Å²) in [5.41, 5.74) is 6.28. The van der Waals surface area contributed by atoms with Crippen molar-refractivity contribution in [2.24, 2.45) is 11.1 Å². The zero-order valence-electron chi connectivity index (χ0n) is 7.59. The molecule has 0 aromatic heterocycles. The number of rotatable bonds is 3. The van der Waals surface area contributed by atoms with Gasteiger partial charge in [-0.15, -0.1) is 0 Å². The van der Waals surface area contributed by atoms with Crippen LogP contribution in [0, 0.1) is 5.41 Å². The molecule has 2 N–H and O–H groups in total. The van der Waals surface area contributed by atoms with Gasteiger partial charge in [0, 0.05) is 7.97 Å². The molecule has 1 saturated carbocycles. The van der Waals surface area contributed by atoms with E-state index in [0.29, 0.717) is 5.41 Å². The van der Waals surface area contributed by atoms with Gasteiger partial charge in [-0.2, -0.15) is 0 Å². The predicted octanol–water partition coefficient (Wildman–Crippen LogP) is 1.22. The number of hydrogen-bond donors (Lipinski definition) is 1. The van der Waals surface area contributed by atoms with E-state index in [2.05, 4.69) is 4.90 Å². The molecule has 0 amide bonds. The third-order valence-corrected chi connectivity index (χ3v) is 3.15. The lowest BCUT2D eigenvalue weighted by Crippen LogP contribution is -2.32. The summed E-state index contributed by atoms with van der Waals surface area (Å²) in [5.74, 6) is 0. The van der Waals surface area contributed by atoms with Gasteiger partial charge in [0.1, 0.15) is 0 Å². The second-order valence-corrected chi connectivity index (χ2v) is 4.19. The fourth-order valence-electron chi connectivity index (χ4n) is 2.02. The Bertz CT molecular complexity index is 145. The summed E-state index contributed by atoms with van der Waals surface area (Å²) in [4.78, 5) is 2.58. The summed E-state index contributed by atoms with van der Waals surface area (Å²) in [6.07, 6.45) is 5.56. The molecule has 0 bridgehead atoms. The first-order valence-electron chi connectivity index (χ1n) is 4.77. The van der Waals surface area contributed by atoms with E-state index in [1.54, 1.807) is 0 Å². The molecule has 0 aromatic carbocycles. The van der Waals surface area contributed by atoms with Gasteiger partial charge >= 0.3 is 0 Å². The van der Waals surface area contributed by atoms with E-state index in [0.717, 1.165) is 6.54 Å². The van der Waals surface area contributed by atoms with Crippen LogP contribution < -0.4 is 5.73 Å². The molecule has 2 rings (SSSR count). The summed E-state index contributed by atoms with van der Waals surface area (Å²) in [7, 11) is 0. The highest BCUT2D eigenvalue weighted by Crippen LogP contribution is 2.45. The molecular formula is C9H21FN2. The van der Waals surface area contributed by atoms with Crippen LogP contribution in [0.3, 0.4) is 0 Å². The van der Waals surface area contributed by atoms with Crippen LogP contribution in [0.2, 0.25) is 0 Å². The van der Waals surface area contributed by atoms with Gasteiger partial charge in [0.25, 0.3) is 0 Å². The lowest BCUT2D eigenvalue weighted by atomic mass is 10.1. The summed E-state index contributed by atoms with van der Waals surface area (Å²) >= 11 is 0. The van der Waals surface area contributed by atoms with Gasteiger partial charge < -0.3 is 10.6 Å². The van der Waals surface area contributed by atoms with Crippen molar-refractivity contribution in [2.75, 3.05) is 26.2 Å². The normalized spacial score (nSPS) is 26.8. The number of hydrogen-bond acceptors (Lipinski definition) is 2. The van der Waals surface area contributed by atoms with E-state index >= 15 is 0 Å². The predicted molar refractivity (Wildman–Crippen MR) is 51.0 cm³/mol. The van der Waals surface area contributed by atoms with Crippen LogP contribution in [-0.4, -0.2) is 31.1 Å². The quantitative estimate of drug-likeness (QED) is 0.700. The van der Waals surface area contributed by atoms with Crippen LogP contribution in [0.1, 0.15) is 27.1 Å². The van der Waals surface area contributed by atoms with Crippen LogP contribution in [0.4, 0.5) is 4.70 Å². The molecule has 2 aliphatic rings.